The molecule has 2 aliphatic rings. The number of halogens is 3. The van der Waals surface area contributed by atoms with Gasteiger partial charge in [0.2, 0.25) is 0 Å². The van der Waals surface area contributed by atoms with Crippen molar-refractivity contribution in [2.24, 2.45) is 17.8 Å². The maximum atomic E-state index is 14.5. The molecule has 0 atom stereocenters. The summed E-state index contributed by atoms with van der Waals surface area (Å²) in [6.07, 6.45) is 13.4. The van der Waals surface area contributed by atoms with Crippen LogP contribution in [0.5, 0.6) is 5.75 Å². The second-order valence-electron chi connectivity index (χ2n) is 9.42. The Morgan fingerprint density at radius 1 is 0.900 bits per heavy atom. The van der Waals surface area contributed by atoms with Crippen molar-refractivity contribution < 1.29 is 17.9 Å². The van der Waals surface area contributed by atoms with Crippen LogP contribution < -0.4 is 4.74 Å². The third-order valence-corrected chi connectivity index (χ3v) is 7.66. The highest BCUT2D eigenvalue weighted by Gasteiger charge is 2.31. The Balaban J connectivity index is 1.37. The van der Waals surface area contributed by atoms with Crippen molar-refractivity contribution in [2.45, 2.75) is 83.7 Å². The molecule has 30 heavy (non-hydrogen) atoms. The minimum absolute atomic E-state index is 0.342. The number of alkyl halides is 2. The number of benzene rings is 2. The highest BCUT2D eigenvalue weighted by Crippen LogP contribution is 2.45. The van der Waals surface area contributed by atoms with Crippen LogP contribution in [-0.4, -0.2) is 6.61 Å². The Bertz CT molecular complexity index is 834. The standard InChI is InChI=1S/C26H33F3O/c1-2-3-17-4-6-18(7-5-17)19-8-10-20(11-9-19)21-12-14-23-22(16-21)13-15-24(25(23)27)30-26(28)29/h12-20,26H,2-11H2,1H3. The smallest absolute Gasteiger partial charge is 0.387 e. The molecule has 0 N–H and O–H groups in total. The fourth-order valence-electron chi connectivity index (χ4n) is 6.01. The molecule has 164 valence electrons. The molecule has 0 amide bonds. The van der Waals surface area contributed by atoms with Crippen molar-refractivity contribution >= 4 is 10.8 Å². The summed E-state index contributed by atoms with van der Waals surface area (Å²) in [6.45, 7) is -0.724. The van der Waals surface area contributed by atoms with Gasteiger partial charge in [-0.05, 0) is 79.2 Å². The maximum Gasteiger partial charge on any atom is 0.387 e. The molecule has 1 nitrogen and oxygen atoms in total. The van der Waals surface area contributed by atoms with Gasteiger partial charge in [-0.3, -0.25) is 0 Å². The Kier molecular flexibility index (Phi) is 6.90. The third-order valence-electron chi connectivity index (χ3n) is 7.66. The lowest BCUT2D eigenvalue weighted by Crippen LogP contribution is -2.25. The average Bonchev–Trinajstić information content (AvgIpc) is 2.76. The lowest BCUT2D eigenvalue weighted by atomic mass is 9.68. The van der Waals surface area contributed by atoms with Crippen LogP contribution in [0.25, 0.3) is 10.8 Å². The molecule has 0 unspecified atom stereocenters. The van der Waals surface area contributed by atoms with E-state index >= 15 is 0 Å². The van der Waals surface area contributed by atoms with Crippen molar-refractivity contribution in [3.8, 4) is 5.75 Å². The summed E-state index contributed by atoms with van der Waals surface area (Å²) in [5, 5.41) is 1.09. The van der Waals surface area contributed by atoms with E-state index in [1.165, 1.54) is 75.8 Å². The second kappa shape index (κ2) is 9.62. The zero-order valence-corrected chi connectivity index (χ0v) is 17.9. The van der Waals surface area contributed by atoms with Gasteiger partial charge < -0.3 is 4.74 Å². The van der Waals surface area contributed by atoms with Gasteiger partial charge in [0.15, 0.2) is 11.6 Å². The van der Waals surface area contributed by atoms with E-state index in [9.17, 15) is 13.2 Å². The second-order valence-corrected chi connectivity index (χ2v) is 9.42. The van der Waals surface area contributed by atoms with Crippen LogP contribution in [0.4, 0.5) is 13.2 Å². The lowest BCUT2D eigenvalue weighted by Gasteiger charge is -2.38. The van der Waals surface area contributed by atoms with Gasteiger partial charge in [0, 0.05) is 5.39 Å². The van der Waals surface area contributed by atoms with E-state index in [2.05, 4.69) is 11.7 Å². The zero-order chi connectivity index (χ0) is 21.1. The van der Waals surface area contributed by atoms with E-state index in [1.807, 2.05) is 12.1 Å². The molecule has 0 aliphatic heterocycles. The summed E-state index contributed by atoms with van der Waals surface area (Å²) in [7, 11) is 0. The van der Waals surface area contributed by atoms with E-state index in [4.69, 9.17) is 0 Å². The van der Waals surface area contributed by atoms with Gasteiger partial charge in [0.1, 0.15) is 0 Å². The summed E-state index contributed by atoms with van der Waals surface area (Å²) < 4.78 is 43.6. The normalized spacial score (nSPS) is 27.5. The molecule has 0 heterocycles. The Labute approximate surface area is 178 Å². The minimum Gasteiger partial charge on any atom is -0.432 e. The summed E-state index contributed by atoms with van der Waals surface area (Å²) >= 11 is 0. The molecule has 2 fully saturated rings. The Hall–Kier alpha value is -1.71. The molecule has 4 rings (SSSR count). The van der Waals surface area contributed by atoms with E-state index in [1.54, 1.807) is 12.1 Å². The van der Waals surface area contributed by atoms with Gasteiger partial charge >= 0.3 is 6.61 Å². The van der Waals surface area contributed by atoms with Gasteiger partial charge in [-0.2, -0.15) is 8.78 Å². The molecule has 0 spiro atoms. The molecule has 0 radical (unpaired) electrons. The van der Waals surface area contributed by atoms with Crippen LogP contribution in [0.15, 0.2) is 30.3 Å². The molecule has 2 aromatic rings. The van der Waals surface area contributed by atoms with Crippen LogP contribution in [0.2, 0.25) is 0 Å². The first-order chi connectivity index (χ1) is 14.5. The Morgan fingerprint density at radius 2 is 1.57 bits per heavy atom. The topological polar surface area (TPSA) is 9.23 Å². The van der Waals surface area contributed by atoms with Crippen LogP contribution in [0.3, 0.4) is 0 Å². The fraction of sp³-hybridized carbons (Fsp3) is 0.615. The predicted octanol–water partition coefficient (Wildman–Crippen LogP) is 8.46. The number of ether oxygens (including phenoxy) is 1. The van der Waals surface area contributed by atoms with Crippen LogP contribution in [0, 0.1) is 23.6 Å². The fourth-order valence-corrected chi connectivity index (χ4v) is 6.01. The molecule has 0 saturated heterocycles. The van der Waals surface area contributed by atoms with E-state index in [0.717, 1.165) is 23.1 Å². The summed E-state index contributed by atoms with van der Waals surface area (Å²) in [5.41, 5.74) is 1.24. The van der Waals surface area contributed by atoms with Crippen molar-refractivity contribution in [2.75, 3.05) is 0 Å². The van der Waals surface area contributed by atoms with Crippen LogP contribution >= 0.6 is 0 Å². The van der Waals surface area contributed by atoms with Gasteiger partial charge in [-0.15, -0.1) is 0 Å². The molecule has 0 aromatic heterocycles. The Morgan fingerprint density at radius 3 is 2.20 bits per heavy atom. The maximum absolute atomic E-state index is 14.5. The van der Waals surface area contributed by atoms with Crippen LogP contribution in [-0.2, 0) is 0 Å². The SMILES string of the molecule is CCCC1CCC(C2CCC(c3ccc4c(F)c(OC(F)F)ccc4c3)CC2)CC1. The summed E-state index contributed by atoms with van der Waals surface area (Å²) in [4.78, 5) is 0. The first-order valence-electron chi connectivity index (χ1n) is 11.7. The third kappa shape index (κ3) is 4.78. The van der Waals surface area contributed by atoms with Crippen molar-refractivity contribution in [3.05, 3.63) is 41.7 Å². The average molecular weight is 419 g/mol. The number of hydrogen-bond donors (Lipinski definition) is 0. The van der Waals surface area contributed by atoms with Gasteiger partial charge in [-0.25, -0.2) is 4.39 Å². The van der Waals surface area contributed by atoms with Crippen molar-refractivity contribution in [1.29, 1.82) is 0 Å². The van der Waals surface area contributed by atoms with Gasteiger partial charge in [-0.1, -0.05) is 56.9 Å². The van der Waals surface area contributed by atoms with Crippen molar-refractivity contribution in [1.82, 2.24) is 0 Å². The highest BCUT2D eigenvalue weighted by molar-refractivity contribution is 5.85. The van der Waals surface area contributed by atoms with Gasteiger partial charge in [0.05, 0.1) is 0 Å². The molecule has 2 aliphatic carbocycles. The minimum atomic E-state index is -3.02. The monoisotopic (exact) mass is 418 g/mol. The lowest BCUT2D eigenvalue weighted by molar-refractivity contribution is -0.0520. The zero-order valence-electron chi connectivity index (χ0n) is 17.9. The summed E-state index contributed by atoms with van der Waals surface area (Å²) in [5.74, 6) is 2.17. The van der Waals surface area contributed by atoms with Crippen LogP contribution in [0.1, 0.15) is 82.6 Å². The first kappa shape index (κ1) is 21.5. The van der Waals surface area contributed by atoms with E-state index in [-0.39, 0.29) is 5.75 Å². The number of fused-ring (bicyclic) bond motifs is 1. The summed E-state index contributed by atoms with van der Waals surface area (Å²) in [6, 6.07) is 8.71. The molecule has 2 aromatic carbocycles. The molecular weight excluding hydrogens is 385 g/mol. The highest BCUT2D eigenvalue weighted by atomic mass is 19.3. The predicted molar refractivity (Wildman–Crippen MR) is 116 cm³/mol. The largest absolute Gasteiger partial charge is 0.432 e. The van der Waals surface area contributed by atoms with Gasteiger partial charge in [0.25, 0.3) is 0 Å². The molecule has 0 bridgehead atoms. The van der Waals surface area contributed by atoms with E-state index in [0.29, 0.717) is 11.3 Å². The first-order valence-corrected chi connectivity index (χ1v) is 11.7. The number of hydrogen-bond acceptors (Lipinski definition) is 1. The molecule has 2 saturated carbocycles. The quantitative estimate of drug-likeness (QED) is 0.457. The molecular formula is C26H33F3O. The molecule has 4 heteroatoms. The number of rotatable bonds is 6. The van der Waals surface area contributed by atoms with Crippen molar-refractivity contribution in [3.63, 3.8) is 0 Å². The van der Waals surface area contributed by atoms with E-state index < -0.39 is 12.4 Å².